The summed E-state index contributed by atoms with van der Waals surface area (Å²) in [6, 6.07) is 6.43. The number of carbonyl (C=O) groups excluding carboxylic acids is 2. The third-order valence-corrected chi connectivity index (χ3v) is 4.72. The summed E-state index contributed by atoms with van der Waals surface area (Å²) in [6.07, 6.45) is 5.88. The first-order valence-electron chi connectivity index (χ1n) is 8.24. The van der Waals surface area contributed by atoms with Gasteiger partial charge in [0.1, 0.15) is 5.82 Å². The lowest BCUT2D eigenvalue weighted by Crippen LogP contribution is -2.44. The number of para-hydroxylation sites is 1. The van der Waals surface area contributed by atoms with E-state index in [1.165, 1.54) is 43.9 Å². The van der Waals surface area contributed by atoms with Crippen molar-refractivity contribution in [3.05, 3.63) is 30.1 Å². The van der Waals surface area contributed by atoms with Crippen LogP contribution in [0.25, 0.3) is 0 Å². The molecular formula is C17H22FN3O2. The number of likely N-dealkylation sites (tertiary alicyclic amines) is 1. The van der Waals surface area contributed by atoms with Gasteiger partial charge in [-0.2, -0.15) is 0 Å². The second-order valence-electron chi connectivity index (χ2n) is 6.33. The molecule has 2 amide bonds. The van der Waals surface area contributed by atoms with Crippen molar-refractivity contribution in [2.24, 2.45) is 0 Å². The van der Waals surface area contributed by atoms with E-state index in [2.05, 4.69) is 15.5 Å². The highest BCUT2D eigenvalue weighted by molar-refractivity contribution is 6.39. The highest BCUT2D eigenvalue weighted by atomic mass is 19.1. The predicted molar refractivity (Wildman–Crippen MR) is 85.4 cm³/mol. The summed E-state index contributed by atoms with van der Waals surface area (Å²) < 4.78 is 13.5. The summed E-state index contributed by atoms with van der Waals surface area (Å²) in [5, 5.41) is 5.07. The van der Waals surface area contributed by atoms with E-state index < -0.39 is 17.6 Å². The van der Waals surface area contributed by atoms with Gasteiger partial charge in [0.05, 0.1) is 5.69 Å². The smallest absolute Gasteiger partial charge is 0.313 e. The number of hydrogen-bond donors (Lipinski definition) is 2. The van der Waals surface area contributed by atoms with E-state index in [4.69, 9.17) is 0 Å². The Kier molecular flexibility index (Phi) is 4.91. The third kappa shape index (κ3) is 3.88. The maximum Gasteiger partial charge on any atom is 0.313 e. The Labute approximate surface area is 135 Å². The number of nitrogens with zero attached hydrogens (tertiary/aromatic N) is 1. The topological polar surface area (TPSA) is 61.4 Å². The standard InChI is InChI=1S/C17H22FN3O2/c18-14-7-3-4-8-15(14)20-17(23)16(22)19-12-9-10-21(11-12)13-5-1-2-6-13/h3-4,7-8,12-13H,1-2,5-6,9-11H2,(H,19,22)(H,20,23)/t12-/m1/s1. The Hall–Kier alpha value is -1.95. The molecule has 1 atom stereocenters. The molecule has 0 bridgehead atoms. The number of rotatable bonds is 3. The molecule has 2 fully saturated rings. The number of anilines is 1. The van der Waals surface area contributed by atoms with Crippen LogP contribution in [0.3, 0.4) is 0 Å². The van der Waals surface area contributed by atoms with Gasteiger partial charge in [-0.1, -0.05) is 25.0 Å². The van der Waals surface area contributed by atoms with Crippen molar-refractivity contribution in [3.8, 4) is 0 Å². The molecule has 23 heavy (non-hydrogen) atoms. The molecule has 1 heterocycles. The summed E-state index contributed by atoms with van der Waals surface area (Å²) in [6.45, 7) is 1.76. The van der Waals surface area contributed by atoms with Gasteiger partial charge in [-0.3, -0.25) is 14.5 Å². The number of benzene rings is 1. The minimum Gasteiger partial charge on any atom is -0.344 e. The molecule has 0 aromatic heterocycles. The zero-order valence-electron chi connectivity index (χ0n) is 13.1. The minimum atomic E-state index is -0.825. The Morgan fingerprint density at radius 1 is 1.09 bits per heavy atom. The summed E-state index contributed by atoms with van der Waals surface area (Å²) >= 11 is 0. The van der Waals surface area contributed by atoms with Gasteiger partial charge in [-0.15, -0.1) is 0 Å². The highest BCUT2D eigenvalue weighted by Gasteiger charge is 2.31. The van der Waals surface area contributed by atoms with Crippen molar-refractivity contribution in [1.29, 1.82) is 0 Å². The van der Waals surface area contributed by atoms with Gasteiger partial charge in [0.2, 0.25) is 0 Å². The average Bonchev–Trinajstić information content (AvgIpc) is 3.20. The van der Waals surface area contributed by atoms with Gasteiger partial charge in [0.25, 0.3) is 0 Å². The minimum absolute atomic E-state index is 0.00512. The monoisotopic (exact) mass is 319 g/mol. The Morgan fingerprint density at radius 2 is 1.83 bits per heavy atom. The van der Waals surface area contributed by atoms with E-state index in [9.17, 15) is 14.0 Å². The molecule has 3 rings (SSSR count). The molecule has 1 aliphatic carbocycles. The predicted octanol–water partition coefficient (Wildman–Crippen LogP) is 1.90. The summed E-state index contributed by atoms with van der Waals surface area (Å²) in [5.74, 6) is -2.08. The van der Waals surface area contributed by atoms with Crippen LogP contribution in [0.1, 0.15) is 32.1 Å². The summed E-state index contributed by atoms with van der Waals surface area (Å²) in [5.41, 5.74) is 0.0201. The number of hydrogen-bond acceptors (Lipinski definition) is 3. The average molecular weight is 319 g/mol. The van der Waals surface area contributed by atoms with E-state index in [1.807, 2.05) is 0 Å². The zero-order valence-corrected chi connectivity index (χ0v) is 13.1. The van der Waals surface area contributed by atoms with Crippen LogP contribution in [0.15, 0.2) is 24.3 Å². The first kappa shape index (κ1) is 15.9. The molecule has 0 spiro atoms. The van der Waals surface area contributed by atoms with Crippen LogP contribution in [-0.4, -0.2) is 41.9 Å². The fourth-order valence-electron chi connectivity index (χ4n) is 3.50. The lowest BCUT2D eigenvalue weighted by atomic mass is 10.2. The Balaban J connectivity index is 1.49. The molecule has 0 radical (unpaired) electrons. The van der Waals surface area contributed by atoms with Crippen LogP contribution in [-0.2, 0) is 9.59 Å². The van der Waals surface area contributed by atoms with E-state index in [0.717, 1.165) is 19.5 Å². The van der Waals surface area contributed by atoms with Crippen molar-refractivity contribution >= 4 is 17.5 Å². The SMILES string of the molecule is O=C(Nc1ccccc1F)C(=O)N[C@@H]1CCN(C2CCCC2)C1. The normalized spacial score (nSPS) is 22.2. The molecule has 2 aliphatic rings. The lowest BCUT2D eigenvalue weighted by molar-refractivity contribution is -0.136. The van der Waals surface area contributed by atoms with Gasteiger partial charge in [0, 0.05) is 25.2 Å². The highest BCUT2D eigenvalue weighted by Crippen LogP contribution is 2.26. The van der Waals surface area contributed by atoms with Gasteiger partial charge in [0.15, 0.2) is 0 Å². The van der Waals surface area contributed by atoms with Crippen LogP contribution >= 0.6 is 0 Å². The van der Waals surface area contributed by atoms with Crippen molar-refractivity contribution in [2.75, 3.05) is 18.4 Å². The largest absolute Gasteiger partial charge is 0.344 e. The molecule has 1 aromatic rings. The maximum absolute atomic E-state index is 13.5. The Morgan fingerprint density at radius 3 is 2.57 bits per heavy atom. The quantitative estimate of drug-likeness (QED) is 0.837. The number of amides is 2. The molecule has 1 aromatic carbocycles. The second kappa shape index (κ2) is 7.08. The van der Waals surface area contributed by atoms with Crippen LogP contribution in [0, 0.1) is 5.82 Å². The fraction of sp³-hybridized carbons (Fsp3) is 0.529. The number of carbonyl (C=O) groups is 2. The molecule has 124 valence electrons. The van der Waals surface area contributed by atoms with Crippen molar-refractivity contribution in [2.45, 2.75) is 44.2 Å². The summed E-state index contributed by atoms with van der Waals surface area (Å²) in [4.78, 5) is 26.3. The maximum atomic E-state index is 13.5. The van der Waals surface area contributed by atoms with Crippen LogP contribution in [0.2, 0.25) is 0 Å². The fourth-order valence-corrected chi connectivity index (χ4v) is 3.50. The first-order chi connectivity index (χ1) is 11.1. The molecule has 2 N–H and O–H groups in total. The van der Waals surface area contributed by atoms with Gasteiger partial charge in [-0.25, -0.2) is 4.39 Å². The second-order valence-corrected chi connectivity index (χ2v) is 6.33. The third-order valence-electron chi connectivity index (χ3n) is 4.72. The van der Waals surface area contributed by atoms with Crippen molar-refractivity contribution in [1.82, 2.24) is 10.2 Å². The van der Waals surface area contributed by atoms with Gasteiger partial charge < -0.3 is 10.6 Å². The van der Waals surface area contributed by atoms with Crippen molar-refractivity contribution in [3.63, 3.8) is 0 Å². The van der Waals surface area contributed by atoms with Crippen LogP contribution < -0.4 is 10.6 Å². The molecule has 1 saturated heterocycles. The summed E-state index contributed by atoms with van der Waals surface area (Å²) in [7, 11) is 0. The molecule has 6 heteroatoms. The van der Waals surface area contributed by atoms with Gasteiger partial charge >= 0.3 is 11.8 Å². The molecule has 5 nitrogen and oxygen atoms in total. The number of halogens is 1. The van der Waals surface area contributed by atoms with Crippen LogP contribution in [0.5, 0.6) is 0 Å². The molecule has 1 saturated carbocycles. The van der Waals surface area contributed by atoms with Crippen LogP contribution in [0.4, 0.5) is 10.1 Å². The van der Waals surface area contributed by atoms with Crippen molar-refractivity contribution < 1.29 is 14.0 Å². The number of nitrogens with one attached hydrogen (secondary N) is 2. The van der Waals surface area contributed by atoms with Gasteiger partial charge in [-0.05, 0) is 31.4 Å². The first-order valence-corrected chi connectivity index (χ1v) is 8.24. The molecular weight excluding hydrogens is 297 g/mol. The van der Waals surface area contributed by atoms with E-state index in [1.54, 1.807) is 6.07 Å². The van der Waals surface area contributed by atoms with E-state index >= 15 is 0 Å². The molecule has 0 unspecified atom stereocenters. The molecule has 1 aliphatic heterocycles. The zero-order chi connectivity index (χ0) is 16.2. The lowest BCUT2D eigenvalue weighted by Gasteiger charge is -2.23. The van der Waals surface area contributed by atoms with E-state index in [-0.39, 0.29) is 11.7 Å². The Bertz CT molecular complexity index is 587. The van der Waals surface area contributed by atoms with E-state index in [0.29, 0.717) is 6.04 Å².